The number of aryl methyl sites for hydroxylation is 1. The van der Waals surface area contributed by atoms with Crippen LogP contribution in [0.15, 0.2) is 84.8 Å². The minimum atomic E-state index is -0.983. The lowest BCUT2D eigenvalue weighted by atomic mass is 9.85. The summed E-state index contributed by atoms with van der Waals surface area (Å²) < 4.78 is 49.9. The number of aliphatic hydroxyl groups is 1. The SMILES string of the molecule is Cc1ncsc1-c1ccc(CNC(=O)C2CC(O)CN2C(=O)C(NC(=O)COCCOCCOCCOCCOCCn2cc(COc3cc4ncnc(Nc5ccc(F)c(Cl)c5)c4cc3NC(=O)C=CCN3CCCCC3)nn2)C(C)(C)C)cc1. The van der Waals surface area contributed by atoms with Gasteiger partial charge in [0.05, 0.1) is 111 Å². The van der Waals surface area contributed by atoms with Crippen LogP contribution >= 0.6 is 22.9 Å². The number of aromatic nitrogens is 6. The number of hydrogen-bond donors (Lipinski definition) is 5. The van der Waals surface area contributed by atoms with Crippen molar-refractivity contribution >= 4 is 74.7 Å². The van der Waals surface area contributed by atoms with E-state index in [1.54, 1.807) is 45.9 Å². The number of halogens is 2. The Morgan fingerprint density at radius 3 is 2.28 bits per heavy atom. The highest BCUT2D eigenvalue weighted by Crippen LogP contribution is 2.35. The largest absolute Gasteiger partial charge is 0.485 e. The van der Waals surface area contributed by atoms with E-state index in [-0.39, 0.29) is 62.8 Å². The van der Waals surface area contributed by atoms with Crippen LogP contribution < -0.4 is 26.0 Å². The zero-order chi connectivity index (χ0) is 60.8. The molecule has 0 aliphatic carbocycles. The topological polar surface area (TPSA) is 268 Å². The van der Waals surface area contributed by atoms with E-state index in [4.69, 9.17) is 40.0 Å². The van der Waals surface area contributed by atoms with E-state index in [2.05, 4.69) is 51.4 Å². The molecule has 6 aromatic rings. The van der Waals surface area contributed by atoms with Crippen molar-refractivity contribution < 1.29 is 57.1 Å². The molecule has 23 nitrogen and oxygen atoms in total. The summed E-state index contributed by atoms with van der Waals surface area (Å²) in [5.41, 5.74) is 5.93. The van der Waals surface area contributed by atoms with Crippen molar-refractivity contribution in [2.24, 2.45) is 5.41 Å². The number of anilines is 3. The predicted molar refractivity (Wildman–Crippen MR) is 322 cm³/mol. The molecule has 0 bridgehead atoms. The molecule has 5 heterocycles. The summed E-state index contributed by atoms with van der Waals surface area (Å²) in [6.07, 6.45) is 9.22. The number of β-amino-alcohol motifs (C(OH)–C–C–N with tert-alkyl or cyclic N) is 1. The van der Waals surface area contributed by atoms with Gasteiger partial charge in [-0.15, -0.1) is 16.4 Å². The van der Waals surface area contributed by atoms with Crippen LogP contribution in [0.1, 0.15) is 63.4 Å². The van der Waals surface area contributed by atoms with Crippen molar-refractivity contribution in [3.05, 3.63) is 113 Å². The first kappa shape index (κ1) is 64.9. The third kappa shape index (κ3) is 19.7. The van der Waals surface area contributed by atoms with Gasteiger partial charge >= 0.3 is 0 Å². The number of aliphatic hydroxyl groups excluding tert-OH is 1. The number of nitrogens with one attached hydrogen (secondary N) is 4. The molecule has 2 saturated heterocycles. The Hall–Kier alpha value is -7.07. The smallest absolute Gasteiger partial charge is 0.248 e. The number of hydrogen-bond acceptors (Lipinski definition) is 19. The Morgan fingerprint density at radius 1 is 0.884 bits per heavy atom. The fourth-order valence-electron chi connectivity index (χ4n) is 9.59. The number of carbonyl (C=O) groups is 4. The van der Waals surface area contributed by atoms with Crippen molar-refractivity contribution in [3.8, 4) is 16.2 Å². The van der Waals surface area contributed by atoms with Gasteiger partial charge in [0, 0.05) is 49.3 Å². The lowest BCUT2D eigenvalue weighted by Gasteiger charge is -2.35. The van der Waals surface area contributed by atoms with Gasteiger partial charge in [-0.2, -0.15) is 0 Å². The van der Waals surface area contributed by atoms with Crippen LogP contribution in [0.5, 0.6) is 5.75 Å². The summed E-state index contributed by atoms with van der Waals surface area (Å²) in [6, 6.07) is 13.6. The Bertz CT molecular complexity index is 3210. The highest BCUT2D eigenvalue weighted by Gasteiger charge is 2.44. The Labute approximate surface area is 508 Å². The van der Waals surface area contributed by atoms with Gasteiger partial charge in [0.2, 0.25) is 23.6 Å². The van der Waals surface area contributed by atoms with Gasteiger partial charge in [-0.25, -0.2) is 24.0 Å². The van der Waals surface area contributed by atoms with Crippen LogP contribution in [-0.4, -0.2) is 179 Å². The molecule has 2 aliphatic heterocycles. The minimum Gasteiger partial charge on any atom is -0.485 e. The summed E-state index contributed by atoms with van der Waals surface area (Å²) in [5.74, 6) is -1.46. The maximum Gasteiger partial charge on any atom is 0.248 e. The highest BCUT2D eigenvalue weighted by molar-refractivity contribution is 7.13. The summed E-state index contributed by atoms with van der Waals surface area (Å²) in [6.45, 7) is 13.3. The van der Waals surface area contributed by atoms with E-state index in [0.29, 0.717) is 98.9 Å². The number of carbonyl (C=O) groups excluding carboxylic acids is 4. The van der Waals surface area contributed by atoms with Gasteiger partial charge < -0.3 is 59.7 Å². The van der Waals surface area contributed by atoms with Crippen LogP contribution in [0.4, 0.5) is 21.6 Å². The number of likely N-dealkylation sites (tertiary alicyclic amines) is 2. The van der Waals surface area contributed by atoms with E-state index in [9.17, 15) is 28.7 Å². The zero-order valence-electron chi connectivity index (χ0n) is 48.9. The van der Waals surface area contributed by atoms with Crippen LogP contribution in [-0.2, 0) is 62.6 Å². The van der Waals surface area contributed by atoms with Crippen molar-refractivity contribution in [2.75, 3.05) is 103 Å². The number of fused-ring (bicyclic) bond motifs is 1. The molecule has 3 aromatic carbocycles. The Kier molecular flexibility index (Phi) is 24.6. The van der Waals surface area contributed by atoms with Crippen molar-refractivity contribution in [2.45, 2.75) is 91.3 Å². The summed E-state index contributed by atoms with van der Waals surface area (Å²) in [5, 5.41) is 31.4. The van der Waals surface area contributed by atoms with Gasteiger partial charge in [-0.1, -0.05) is 74.3 Å². The molecule has 86 heavy (non-hydrogen) atoms. The molecule has 5 N–H and O–H groups in total. The van der Waals surface area contributed by atoms with Gasteiger partial charge in [-0.3, -0.25) is 24.1 Å². The number of amides is 4. The standard InChI is InChI=1S/C60H76ClFN12O11S/c1-40-55(86-39-66-40)42-12-10-41(11-13-42)33-63-58(78)51-30-45(75)35-74(51)59(79)56(60(2,3)4)69-54(77)37-84-28-27-83-26-25-82-24-23-81-22-21-80-20-19-73-34-44(70-71-73)36-85-52-32-49-46(57(65-38-64-49)67-43-14-15-48(62)47(61)29-43)31-50(52)68-53(76)9-8-18-72-16-6-5-7-17-72/h8-15,29,31-32,34,38-39,45,51,56,75H,5-7,16-28,30,33,35-37H2,1-4H3,(H,63,78)(H,68,76)(H,69,77)(H,64,65,67). The third-order valence-electron chi connectivity index (χ3n) is 14.1. The van der Waals surface area contributed by atoms with Gasteiger partial charge in [0.15, 0.2) is 0 Å². The van der Waals surface area contributed by atoms with Crippen molar-refractivity contribution in [1.82, 2.24) is 50.4 Å². The third-order valence-corrected chi connectivity index (χ3v) is 15.4. The van der Waals surface area contributed by atoms with Crippen molar-refractivity contribution in [3.63, 3.8) is 0 Å². The number of nitrogens with zero attached hydrogens (tertiary/aromatic N) is 8. The van der Waals surface area contributed by atoms with Gasteiger partial charge in [-0.05, 0) is 73.7 Å². The average molecular weight is 1230 g/mol. The minimum absolute atomic E-state index is 0.0305. The zero-order valence-corrected chi connectivity index (χ0v) is 50.5. The highest BCUT2D eigenvalue weighted by atomic mass is 35.5. The molecule has 2 aliphatic rings. The molecule has 462 valence electrons. The van der Waals surface area contributed by atoms with Crippen LogP contribution in [0.25, 0.3) is 21.3 Å². The van der Waals surface area contributed by atoms with Crippen LogP contribution in [0.2, 0.25) is 5.02 Å². The van der Waals surface area contributed by atoms with Crippen LogP contribution in [0, 0.1) is 18.2 Å². The predicted octanol–water partition coefficient (Wildman–Crippen LogP) is 6.64. The van der Waals surface area contributed by atoms with E-state index >= 15 is 0 Å². The summed E-state index contributed by atoms with van der Waals surface area (Å²) in [4.78, 5) is 71.6. The van der Waals surface area contributed by atoms with E-state index < -0.39 is 41.2 Å². The molecular weight excluding hydrogens is 1150 g/mol. The Balaban J connectivity index is 0.669. The summed E-state index contributed by atoms with van der Waals surface area (Å²) in [7, 11) is 0. The van der Waals surface area contributed by atoms with Gasteiger partial charge in [0.25, 0.3) is 0 Å². The average Bonchev–Trinajstić information content (AvgIpc) is 2.56. The lowest BCUT2D eigenvalue weighted by molar-refractivity contribution is -0.144. The van der Waals surface area contributed by atoms with E-state index in [1.807, 2.05) is 58.0 Å². The first-order chi connectivity index (χ1) is 41.6. The first-order valence-corrected chi connectivity index (χ1v) is 30.0. The van der Waals surface area contributed by atoms with E-state index in [0.717, 1.165) is 47.6 Å². The molecule has 3 unspecified atom stereocenters. The van der Waals surface area contributed by atoms with Crippen molar-refractivity contribution in [1.29, 1.82) is 0 Å². The fourth-order valence-corrected chi connectivity index (χ4v) is 10.6. The molecule has 8 rings (SSSR count). The molecule has 3 atom stereocenters. The molecule has 0 saturated carbocycles. The Morgan fingerprint density at radius 2 is 1.59 bits per heavy atom. The summed E-state index contributed by atoms with van der Waals surface area (Å²) >= 11 is 7.60. The second-order valence-electron chi connectivity index (χ2n) is 21.8. The number of rotatable bonds is 32. The molecule has 3 aromatic heterocycles. The number of ether oxygens (including phenoxy) is 6. The molecule has 4 amide bonds. The quantitative estimate of drug-likeness (QED) is 0.0219. The fraction of sp³-hybridized carbons (Fsp3) is 0.483. The van der Waals surface area contributed by atoms with E-state index in [1.165, 1.54) is 35.9 Å². The maximum atomic E-state index is 14.0. The number of benzene rings is 3. The monoisotopic (exact) mass is 1230 g/mol. The van der Waals surface area contributed by atoms with Crippen LogP contribution in [0.3, 0.4) is 0 Å². The second-order valence-corrected chi connectivity index (χ2v) is 23.1. The molecule has 0 radical (unpaired) electrons. The molecule has 2 fully saturated rings. The molecule has 26 heteroatoms. The maximum absolute atomic E-state index is 14.0. The lowest BCUT2D eigenvalue weighted by Crippen LogP contribution is -2.58. The second kappa shape index (κ2) is 32.6. The van der Waals surface area contributed by atoms with Gasteiger partial charge in [0.1, 0.15) is 54.7 Å². The molecular formula is C60H76ClFN12O11S. The number of thiazole rings is 1. The normalized spacial score (nSPS) is 16.0. The molecule has 0 spiro atoms. The first-order valence-electron chi connectivity index (χ1n) is 28.7. The number of piperidine rings is 1.